The van der Waals surface area contributed by atoms with Crippen molar-refractivity contribution in [2.75, 3.05) is 0 Å². The zero-order valence-electron chi connectivity index (χ0n) is 12.6. The van der Waals surface area contributed by atoms with E-state index in [-0.39, 0.29) is 5.70 Å². The van der Waals surface area contributed by atoms with Crippen molar-refractivity contribution in [1.29, 1.82) is 0 Å². The van der Waals surface area contributed by atoms with Gasteiger partial charge in [0.05, 0.1) is 0 Å². The molecule has 0 aromatic heterocycles. The number of hydrogen-bond acceptors (Lipinski definition) is 1. The summed E-state index contributed by atoms with van der Waals surface area (Å²) in [4.78, 5) is 11.9. The lowest BCUT2D eigenvalue weighted by atomic mass is 9.76. The Morgan fingerprint density at radius 1 is 1.75 bits per heavy atom. The molecule has 68 valence electrons. The van der Waals surface area contributed by atoms with Crippen molar-refractivity contribution < 1.29 is 11.6 Å². The summed E-state index contributed by atoms with van der Waals surface area (Å²) < 4.78 is 39.4. The fourth-order valence-electron chi connectivity index (χ4n) is 0.954. The van der Waals surface area contributed by atoms with E-state index in [1.54, 1.807) is 20.8 Å². The lowest BCUT2D eigenvalue weighted by molar-refractivity contribution is -0.129. The molecular weight excluding hydrogens is 150 g/mol. The normalized spacial score (nSPS) is 46.1. The Morgan fingerprint density at radius 3 is 2.83 bits per heavy atom. The maximum absolute atomic E-state index is 11.9. The number of piperidine rings is 1. The van der Waals surface area contributed by atoms with Crippen LogP contribution in [-0.4, -0.2) is 5.91 Å². The number of carbonyl (C=O) groups is 1. The number of rotatable bonds is 0. The van der Waals surface area contributed by atoms with E-state index in [4.69, 9.17) is 6.85 Å². The molecule has 1 N–H and O–H groups in total. The number of amides is 1. The smallest absolute Gasteiger partial charge is 0.227 e. The van der Waals surface area contributed by atoms with Gasteiger partial charge in [0.2, 0.25) is 5.91 Å². The van der Waals surface area contributed by atoms with Crippen LogP contribution in [0.3, 0.4) is 0 Å². The Morgan fingerprint density at radius 2 is 2.33 bits per heavy atom. The van der Waals surface area contributed by atoms with Gasteiger partial charge >= 0.3 is 0 Å². The third-order valence-corrected chi connectivity index (χ3v) is 1.58. The monoisotopic (exact) mass is 172 g/mol. The van der Waals surface area contributed by atoms with Crippen LogP contribution >= 0.6 is 0 Å². The Hall–Kier alpha value is -0.790. The van der Waals surface area contributed by atoms with Gasteiger partial charge in [-0.25, -0.2) is 0 Å². The van der Waals surface area contributed by atoms with Gasteiger partial charge in [0.25, 0.3) is 0 Å². The predicted octanol–water partition coefficient (Wildman–Crippen LogP) is 2.07. The van der Waals surface area contributed by atoms with Gasteiger partial charge < -0.3 is 5.32 Å². The standard InChI is InChI=1S/C10H17NO/c1-7-5-6-8(9(12)11-7)10(2,3)4/h8H,1,5-6H2,2-4H3,(H,11,12)/i5D2,6D2,8D. The van der Waals surface area contributed by atoms with Crippen molar-refractivity contribution >= 4 is 5.91 Å². The van der Waals surface area contributed by atoms with Crippen molar-refractivity contribution in [1.82, 2.24) is 5.32 Å². The zero-order chi connectivity index (χ0) is 13.9. The molecule has 1 rings (SSSR count). The van der Waals surface area contributed by atoms with Crippen LogP contribution in [0.15, 0.2) is 12.3 Å². The van der Waals surface area contributed by atoms with Crippen molar-refractivity contribution in [2.45, 2.75) is 33.5 Å². The molecule has 1 atom stereocenters. The highest BCUT2D eigenvalue weighted by molar-refractivity contribution is 5.82. The first-order valence-electron chi connectivity index (χ1n) is 6.31. The lowest BCUT2D eigenvalue weighted by Gasteiger charge is -2.33. The van der Waals surface area contributed by atoms with Crippen LogP contribution in [0.4, 0.5) is 0 Å². The maximum atomic E-state index is 11.9. The predicted molar refractivity (Wildman–Crippen MR) is 49.5 cm³/mol. The SMILES string of the molecule is [2H]C1([2H])C(=C)NC(=O)C([2H])(C(C)(C)C)C1([2H])[2H]. The van der Waals surface area contributed by atoms with Gasteiger partial charge in [-0.3, -0.25) is 4.79 Å². The molecule has 1 heterocycles. The van der Waals surface area contributed by atoms with Crippen LogP contribution in [0.5, 0.6) is 0 Å². The topological polar surface area (TPSA) is 29.1 Å². The molecule has 1 aliphatic rings. The quantitative estimate of drug-likeness (QED) is 0.595. The van der Waals surface area contributed by atoms with Gasteiger partial charge in [0, 0.05) is 18.4 Å². The summed E-state index contributed by atoms with van der Waals surface area (Å²) in [6.07, 6.45) is -5.13. The summed E-state index contributed by atoms with van der Waals surface area (Å²) in [7, 11) is 0. The molecule has 0 aromatic rings. The molecule has 1 aliphatic heterocycles. The minimum Gasteiger partial charge on any atom is -0.330 e. The molecule has 0 radical (unpaired) electrons. The Kier molecular flexibility index (Phi) is 1.08. The molecule has 2 nitrogen and oxygen atoms in total. The average Bonchev–Trinajstić information content (AvgIpc) is 2.11. The van der Waals surface area contributed by atoms with E-state index in [1.165, 1.54) is 0 Å². The van der Waals surface area contributed by atoms with Gasteiger partial charge in [0.1, 0.15) is 0 Å². The van der Waals surface area contributed by atoms with Crippen LogP contribution in [0.1, 0.15) is 40.4 Å². The minimum atomic E-state index is -2.66. The van der Waals surface area contributed by atoms with Crippen LogP contribution in [0.25, 0.3) is 0 Å². The third-order valence-electron chi connectivity index (χ3n) is 1.58. The fraction of sp³-hybridized carbons (Fsp3) is 0.700. The summed E-state index contributed by atoms with van der Waals surface area (Å²) >= 11 is 0. The van der Waals surface area contributed by atoms with Crippen molar-refractivity contribution in [3.05, 3.63) is 12.3 Å². The molecule has 2 heteroatoms. The summed E-state index contributed by atoms with van der Waals surface area (Å²) in [5, 5.41) is 2.19. The molecule has 0 saturated carbocycles. The highest BCUT2D eigenvalue weighted by Crippen LogP contribution is 2.33. The van der Waals surface area contributed by atoms with Gasteiger partial charge in [-0.1, -0.05) is 27.4 Å². The third kappa shape index (κ3) is 1.87. The van der Waals surface area contributed by atoms with Crippen LogP contribution in [0, 0.1) is 11.3 Å². The molecule has 0 bridgehead atoms. The second kappa shape index (κ2) is 2.92. The summed E-state index contributed by atoms with van der Waals surface area (Å²) in [5.74, 6) is -3.07. The molecule has 1 unspecified atom stereocenters. The first-order valence-corrected chi connectivity index (χ1v) is 3.81. The first kappa shape index (κ1) is 4.45. The zero-order valence-corrected chi connectivity index (χ0v) is 7.62. The second-order valence-corrected chi connectivity index (χ2v) is 3.81. The second-order valence-electron chi connectivity index (χ2n) is 3.81. The summed E-state index contributed by atoms with van der Waals surface area (Å²) in [5.41, 5.74) is -1.38. The van der Waals surface area contributed by atoms with E-state index in [0.29, 0.717) is 0 Å². The number of carbonyl (C=O) groups excluding carboxylic acids is 1. The Balaban J connectivity index is 3.51. The van der Waals surface area contributed by atoms with Gasteiger partial charge in [-0.2, -0.15) is 0 Å². The molecule has 1 amide bonds. The first-order chi connectivity index (χ1) is 7.30. The highest BCUT2D eigenvalue weighted by Gasteiger charge is 2.33. The van der Waals surface area contributed by atoms with Crippen molar-refractivity contribution in [2.24, 2.45) is 11.3 Å². The Labute approximate surface area is 81.1 Å². The molecule has 1 saturated heterocycles. The largest absolute Gasteiger partial charge is 0.330 e. The van der Waals surface area contributed by atoms with E-state index in [9.17, 15) is 4.79 Å². The van der Waals surface area contributed by atoms with E-state index in [1.807, 2.05) is 0 Å². The van der Waals surface area contributed by atoms with Gasteiger partial charge in [0.15, 0.2) is 0 Å². The molecule has 0 aliphatic carbocycles. The fourth-order valence-corrected chi connectivity index (χ4v) is 0.954. The maximum Gasteiger partial charge on any atom is 0.227 e. The van der Waals surface area contributed by atoms with Crippen LogP contribution < -0.4 is 5.32 Å². The van der Waals surface area contributed by atoms with Crippen molar-refractivity contribution in [3.8, 4) is 0 Å². The number of allylic oxidation sites excluding steroid dienone is 1. The molecular formula is C10H17NO. The molecule has 0 aromatic carbocycles. The van der Waals surface area contributed by atoms with Crippen LogP contribution in [-0.2, 0) is 4.79 Å². The van der Waals surface area contributed by atoms with Gasteiger partial charge in [-0.05, 0) is 18.2 Å². The number of hydrogen-bond donors (Lipinski definition) is 1. The lowest BCUT2D eigenvalue weighted by Crippen LogP contribution is -2.41. The van der Waals surface area contributed by atoms with E-state index in [2.05, 4.69) is 11.9 Å². The van der Waals surface area contributed by atoms with E-state index in [0.717, 1.165) is 0 Å². The molecule has 0 spiro atoms. The van der Waals surface area contributed by atoms with Gasteiger partial charge in [-0.15, -0.1) is 0 Å². The van der Waals surface area contributed by atoms with E-state index < -0.39 is 30.0 Å². The average molecular weight is 172 g/mol. The number of nitrogens with one attached hydrogen (secondary N) is 1. The highest BCUT2D eigenvalue weighted by atomic mass is 16.2. The molecule has 1 fully saturated rings. The minimum absolute atomic E-state index is 0.334. The van der Waals surface area contributed by atoms with Crippen molar-refractivity contribution in [3.63, 3.8) is 0 Å². The van der Waals surface area contributed by atoms with E-state index >= 15 is 0 Å². The summed E-state index contributed by atoms with van der Waals surface area (Å²) in [6, 6.07) is 0. The summed E-state index contributed by atoms with van der Waals surface area (Å²) in [6.45, 7) is 7.96. The Bertz CT molecular complexity index is 385. The van der Waals surface area contributed by atoms with Crippen LogP contribution in [0.2, 0.25) is 0 Å². The molecule has 12 heavy (non-hydrogen) atoms.